The maximum absolute atomic E-state index is 5.13. The summed E-state index contributed by atoms with van der Waals surface area (Å²) in [6.45, 7) is 0. The second kappa shape index (κ2) is 9.79. The molecule has 0 saturated heterocycles. The highest BCUT2D eigenvalue weighted by Crippen LogP contribution is 2.45. The Hall–Kier alpha value is -7.00. The number of benzene rings is 6. The van der Waals surface area contributed by atoms with Gasteiger partial charge in [0.05, 0.1) is 56.6 Å². The van der Waals surface area contributed by atoms with Crippen LogP contribution >= 0.6 is 0 Å². The molecule has 240 valence electrons. The van der Waals surface area contributed by atoms with Crippen LogP contribution in [0.3, 0.4) is 0 Å². The molecule has 1 aliphatic heterocycles. The van der Waals surface area contributed by atoms with Crippen molar-refractivity contribution in [2.75, 3.05) is 4.90 Å². The van der Waals surface area contributed by atoms with Gasteiger partial charge in [-0.2, -0.15) is 4.80 Å². The summed E-state index contributed by atoms with van der Waals surface area (Å²) < 4.78 is 6.86. The van der Waals surface area contributed by atoms with Gasteiger partial charge in [-0.15, -0.1) is 10.2 Å². The molecule has 6 aromatic carbocycles. The Morgan fingerprint density at radius 1 is 0.510 bits per heavy atom. The zero-order valence-corrected chi connectivity index (χ0v) is 27.1. The maximum Gasteiger partial charge on any atom is 0.220 e. The molecule has 9 nitrogen and oxygen atoms in total. The molecule has 0 saturated carbocycles. The third-order valence-corrected chi connectivity index (χ3v) is 10.5. The lowest BCUT2D eigenvalue weighted by Gasteiger charge is -2.26. The SMILES string of the molecule is C1=CC2C(C=C1)n1c(nc3ccccc31)N2c1ccc(-n2nc3cc(-n4c5ccccc5n5c6ccccc6nc45)c4ccccc4c3n2)cc1. The normalized spacial score (nSPS) is 16.8. The number of aromatic nitrogens is 8. The minimum atomic E-state index is 0.145. The third-order valence-electron chi connectivity index (χ3n) is 10.5. The molecule has 12 rings (SSSR count). The molecule has 0 amide bonds. The first-order chi connectivity index (χ1) is 25.3. The lowest BCUT2D eigenvalue weighted by molar-refractivity contribution is 0.624. The van der Waals surface area contributed by atoms with Crippen LogP contribution in [-0.2, 0) is 0 Å². The molecule has 2 aliphatic rings. The molecule has 51 heavy (non-hydrogen) atoms. The summed E-state index contributed by atoms with van der Waals surface area (Å²) in [5, 5.41) is 12.3. The molecule has 0 radical (unpaired) electrons. The molecule has 0 bridgehead atoms. The monoisotopic (exact) mass is 657 g/mol. The lowest BCUT2D eigenvalue weighted by atomic mass is 10.0. The van der Waals surface area contributed by atoms with Crippen LogP contribution < -0.4 is 4.90 Å². The topological polar surface area (TPSA) is 74.0 Å². The van der Waals surface area contributed by atoms with E-state index in [9.17, 15) is 0 Å². The van der Waals surface area contributed by atoms with Crippen LogP contribution in [0.15, 0.2) is 152 Å². The quantitative estimate of drug-likeness (QED) is 0.190. The summed E-state index contributed by atoms with van der Waals surface area (Å²) in [6, 6.07) is 44.6. The van der Waals surface area contributed by atoms with Gasteiger partial charge in [-0.1, -0.05) is 85.0 Å². The van der Waals surface area contributed by atoms with E-state index in [1.807, 2.05) is 12.1 Å². The van der Waals surface area contributed by atoms with Crippen LogP contribution in [-0.4, -0.2) is 44.5 Å². The van der Waals surface area contributed by atoms with Crippen molar-refractivity contribution in [3.8, 4) is 11.4 Å². The second-order valence-corrected chi connectivity index (χ2v) is 13.3. The van der Waals surface area contributed by atoms with Crippen molar-refractivity contribution in [1.82, 2.24) is 38.5 Å². The first-order valence-corrected chi connectivity index (χ1v) is 17.2. The van der Waals surface area contributed by atoms with E-state index in [1.54, 1.807) is 4.80 Å². The van der Waals surface area contributed by atoms with E-state index in [2.05, 4.69) is 158 Å². The first kappa shape index (κ1) is 26.9. The fourth-order valence-electron chi connectivity index (χ4n) is 8.34. The van der Waals surface area contributed by atoms with Crippen LogP contribution in [0.1, 0.15) is 6.04 Å². The molecular weight excluding hydrogens is 631 g/mol. The van der Waals surface area contributed by atoms with E-state index in [0.29, 0.717) is 0 Å². The van der Waals surface area contributed by atoms with E-state index in [0.717, 1.165) is 83.7 Å². The average molecular weight is 658 g/mol. The molecule has 4 aromatic heterocycles. The Morgan fingerprint density at radius 3 is 1.98 bits per heavy atom. The van der Waals surface area contributed by atoms with Crippen LogP contribution in [0.2, 0.25) is 0 Å². The highest BCUT2D eigenvalue weighted by atomic mass is 15.5. The van der Waals surface area contributed by atoms with Gasteiger partial charge in [-0.05, 0) is 66.7 Å². The minimum absolute atomic E-state index is 0.145. The molecule has 2 atom stereocenters. The standard InChI is InChI=1S/C42H27N9/c1-2-12-29-28(11-1)39(50-38-20-10-9-19-37(38)49-34-16-6-4-14-31(34)44-42(49)50)25-32-40(29)46-51(45-32)27-23-21-26(22-24-27)47-35-17-7-8-18-36(35)48-33-15-5-3-13-30(33)43-41(47)48/h1-25,35-36H. The maximum atomic E-state index is 5.13. The van der Waals surface area contributed by atoms with E-state index in [-0.39, 0.29) is 12.1 Å². The van der Waals surface area contributed by atoms with Crippen LogP contribution in [0.5, 0.6) is 0 Å². The molecule has 0 fully saturated rings. The Kier molecular flexibility index (Phi) is 5.17. The van der Waals surface area contributed by atoms with E-state index < -0.39 is 0 Å². The molecule has 5 heterocycles. The van der Waals surface area contributed by atoms with Crippen molar-refractivity contribution in [3.05, 3.63) is 152 Å². The number of fused-ring (bicyclic) bond motifs is 13. The van der Waals surface area contributed by atoms with Gasteiger partial charge in [-0.25, -0.2) is 9.97 Å². The van der Waals surface area contributed by atoms with E-state index in [1.165, 1.54) is 0 Å². The van der Waals surface area contributed by atoms with Gasteiger partial charge < -0.3 is 9.47 Å². The number of rotatable bonds is 3. The van der Waals surface area contributed by atoms with Gasteiger partial charge in [0, 0.05) is 16.5 Å². The van der Waals surface area contributed by atoms with E-state index >= 15 is 0 Å². The lowest BCUT2D eigenvalue weighted by Crippen LogP contribution is -2.29. The van der Waals surface area contributed by atoms with Gasteiger partial charge in [-0.3, -0.25) is 8.97 Å². The summed E-state index contributed by atoms with van der Waals surface area (Å²) in [7, 11) is 0. The van der Waals surface area contributed by atoms with Crippen LogP contribution in [0.4, 0.5) is 11.6 Å². The fraction of sp³-hybridized carbons (Fsp3) is 0.0476. The molecule has 9 heteroatoms. The third kappa shape index (κ3) is 3.58. The Morgan fingerprint density at radius 2 is 1.16 bits per heavy atom. The number of hydrogen-bond acceptors (Lipinski definition) is 5. The Bertz CT molecular complexity index is 3120. The summed E-state index contributed by atoms with van der Waals surface area (Å²) >= 11 is 0. The molecule has 10 aromatic rings. The summed E-state index contributed by atoms with van der Waals surface area (Å²) in [5.41, 5.74) is 11.0. The van der Waals surface area contributed by atoms with Gasteiger partial charge in [0.2, 0.25) is 11.7 Å². The predicted octanol–water partition coefficient (Wildman–Crippen LogP) is 8.86. The highest BCUT2D eigenvalue weighted by Gasteiger charge is 2.39. The van der Waals surface area contributed by atoms with Gasteiger partial charge in [0.15, 0.2) is 0 Å². The summed E-state index contributed by atoms with van der Waals surface area (Å²) in [5.74, 6) is 1.82. The highest BCUT2D eigenvalue weighted by molar-refractivity contribution is 6.09. The van der Waals surface area contributed by atoms with Crippen molar-refractivity contribution in [2.45, 2.75) is 12.1 Å². The Balaban J connectivity index is 1.01. The Labute approximate surface area is 290 Å². The van der Waals surface area contributed by atoms with Crippen molar-refractivity contribution in [1.29, 1.82) is 0 Å². The first-order valence-electron chi connectivity index (χ1n) is 17.2. The summed E-state index contributed by atoms with van der Waals surface area (Å²) in [6.07, 6.45) is 8.80. The van der Waals surface area contributed by atoms with Crippen molar-refractivity contribution < 1.29 is 0 Å². The average Bonchev–Trinajstić information content (AvgIpc) is 3.99. The van der Waals surface area contributed by atoms with Crippen LogP contribution in [0, 0.1) is 0 Å². The number of anilines is 2. The largest absolute Gasteiger partial charge is 0.303 e. The molecule has 2 unspecified atom stereocenters. The van der Waals surface area contributed by atoms with Crippen molar-refractivity contribution in [2.24, 2.45) is 0 Å². The van der Waals surface area contributed by atoms with Crippen molar-refractivity contribution >= 4 is 72.3 Å². The van der Waals surface area contributed by atoms with Crippen LogP contribution in [0.25, 0.3) is 72.1 Å². The molecule has 1 aliphatic carbocycles. The fourth-order valence-corrected chi connectivity index (χ4v) is 8.34. The zero-order valence-electron chi connectivity index (χ0n) is 27.1. The number of imidazole rings is 3. The van der Waals surface area contributed by atoms with Gasteiger partial charge in [0.25, 0.3) is 0 Å². The smallest absolute Gasteiger partial charge is 0.220 e. The van der Waals surface area contributed by atoms with E-state index in [4.69, 9.17) is 20.2 Å². The summed E-state index contributed by atoms with van der Waals surface area (Å²) in [4.78, 5) is 14.3. The zero-order chi connectivity index (χ0) is 33.2. The van der Waals surface area contributed by atoms with Gasteiger partial charge >= 0.3 is 0 Å². The predicted molar refractivity (Wildman–Crippen MR) is 202 cm³/mol. The van der Waals surface area contributed by atoms with Crippen molar-refractivity contribution in [3.63, 3.8) is 0 Å². The molecule has 0 N–H and O–H groups in total. The minimum Gasteiger partial charge on any atom is -0.303 e. The number of hydrogen-bond donors (Lipinski definition) is 0. The number of nitrogens with zero attached hydrogens (tertiary/aromatic N) is 9. The molecular formula is C42H27N9. The second-order valence-electron chi connectivity index (χ2n) is 13.3. The van der Waals surface area contributed by atoms with Gasteiger partial charge in [0.1, 0.15) is 11.0 Å². The number of allylic oxidation sites excluding steroid dienone is 2. The number of para-hydroxylation sites is 6. The molecule has 0 spiro atoms.